The fraction of sp³-hybridized carbons (Fsp3) is 0.440. The van der Waals surface area contributed by atoms with Gasteiger partial charge >= 0.3 is 0 Å². The summed E-state index contributed by atoms with van der Waals surface area (Å²) in [6.07, 6.45) is 5.78. The van der Waals surface area contributed by atoms with Gasteiger partial charge in [-0.3, -0.25) is 14.7 Å². The van der Waals surface area contributed by atoms with E-state index in [0.717, 1.165) is 61.2 Å². The molecule has 8 heteroatoms. The Kier molecular flexibility index (Phi) is 5.74. The first-order chi connectivity index (χ1) is 16.0. The molecule has 0 unspecified atom stereocenters. The fourth-order valence-corrected chi connectivity index (χ4v) is 4.93. The van der Waals surface area contributed by atoms with Crippen LogP contribution in [0.1, 0.15) is 69.7 Å². The van der Waals surface area contributed by atoms with Gasteiger partial charge in [-0.05, 0) is 38.5 Å². The molecular formula is C25H30N6O2. The summed E-state index contributed by atoms with van der Waals surface area (Å²) in [4.78, 5) is 37.6. The van der Waals surface area contributed by atoms with E-state index < -0.39 is 0 Å². The number of aromatic nitrogens is 4. The number of amides is 2. The van der Waals surface area contributed by atoms with Crippen LogP contribution in [0.3, 0.4) is 0 Å². The monoisotopic (exact) mass is 446 g/mol. The van der Waals surface area contributed by atoms with Crippen LogP contribution < -0.4 is 0 Å². The Balaban J connectivity index is 1.33. The zero-order valence-corrected chi connectivity index (χ0v) is 19.2. The second kappa shape index (κ2) is 8.84. The van der Waals surface area contributed by atoms with Crippen molar-refractivity contribution < 1.29 is 9.59 Å². The van der Waals surface area contributed by atoms with Crippen LogP contribution in [-0.4, -0.2) is 69.0 Å². The predicted octanol–water partition coefficient (Wildman–Crippen LogP) is 3.40. The summed E-state index contributed by atoms with van der Waals surface area (Å²) in [7, 11) is 3.49. The van der Waals surface area contributed by atoms with E-state index >= 15 is 0 Å². The van der Waals surface area contributed by atoms with Gasteiger partial charge in [-0.25, -0.2) is 4.98 Å². The number of benzene rings is 1. The molecule has 0 saturated carbocycles. The van der Waals surface area contributed by atoms with E-state index in [4.69, 9.17) is 4.98 Å². The molecule has 33 heavy (non-hydrogen) atoms. The molecule has 0 bridgehead atoms. The van der Waals surface area contributed by atoms with Crippen molar-refractivity contribution in [2.75, 3.05) is 27.2 Å². The summed E-state index contributed by atoms with van der Waals surface area (Å²) >= 11 is 0. The van der Waals surface area contributed by atoms with E-state index in [-0.39, 0.29) is 17.7 Å². The Morgan fingerprint density at radius 1 is 1.06 bits per heavy atom. The number of imidazole rings is 1. The van der Waals surface area contributed by atoms with Crippen molar-refractivity contribution in [1.29, 1.82) is 0 Å². The second-order valence-corrected chi connectivity index (χ2v) is 9.21. The Morgan fingerprint density at radius 2 is 1.79 bits per heavy atom. The fourth-order valence-electron chi connectivity index (χ4n) is 4.93. The third kappa shape index (κ3) is 4.05. The van der Waals surface area contributed by atoms with Crippen LogP contribution in [0.4, 0.5) is 0 Å². The second-order valence-electron chi connectivity index (χ2n) is 9.21. The van der Waals surface area contributed by atoms with Gasteiger partial charge in [-0.15, -0.1) is 0 Å². The lowest BCUT2D eigenvalue weighted by Crippen LogP contribution is -2.38. The third-order valence-corrected chi connectivity index (χ3v) is 6.82. The van der Waals surface area contributed by atoms with Crippen LogP contribution >= 0.6 is 0 Å². The van der Waals surface area contributed by atoms with E-state index in [1.807, 2.05) is 35.2 Å². The number of likely N-dealkylation sites (tertiary alicyclic amines) is 1. The highest BCUT2D eigenvalue weighted by Gasteiger charge is 2.31. The van der Waals surface area contributed by atoms with Gasteiger partial charge in [0, 0.05) is 49.9 Å². The van der Waals surface area contributed by atoms with Crippen LogP contribution in [0.15, 0.2) is 30.3 Å². The first-order valence-electron chi connectivity index (χ1n) is 11.7. The molecule has 2 aromatic heterocycles. The topological polar surface area (TPSA) is 98.0 Å². The van der Waals surface area contributed by atoms with Gasteiger partial charge in [-0.1, -0.05) is 30.3 Å². The van der Waals surface area contributed by atoms with E-state index in [9.17, 15) is 9.59 Å². The number of aromatic amines is 2. The number of hydrogen-bond donors (Lipinski definition) is 2. The Bertz CT molecular complexity index is 1160. The molecule has 0 radical (unpaired) electrons. The average Bonchev–Trinajstić information content (AvgIpc) is 3.49. The molecule has 2 amide bonds. The lowest BCUT2D eigenvalue weighted by molar-refractivity contribution is 0.0704. The van der Waals surface area contributed by atoms with Crippen LogP contribution in [0.25, 0.3) is 11.3 Å². The molecule has 172 valence electrons. The number of nitrogens with zero attached hydrogens (tertiary/aromatic N) is 4. The standard InChI is InChI=1S/C25H30N6O2/c1-30(2)24(32)22-20(16-8-4-3-5-9-16)26-23(27-22)17-12-14-31(15-13-17)25(33)21-18-10-6-7-11-19(18)28-29-21/h3-5,8-9,17H,6-7,10-15H2,1-2H3,(H,26,27)(H,28,29). The summed E-state index contributed by atoms with van der Waals surface area (Å²) in [6.45, 7) is 1.31. The zero-order chi connectivity index (χ0) is 22.9. The predicted molar refractivity (Wildman–Crippen MR) is 125 cm³/mol. The number of fused-ring (bicyclic) bond motifs is 1. The molecule has 8 nitrogen and oxygen atoms in total. The Morgan fingerprint density at radius 3 is 2.52 bits per heavy atom. The summed E-state index contributed by atoms with van der Waals surface area (Å²) in [6, 6.07) is 9.79. The van der Waals surface area contributed by atoms with Crippen LogP contribution in [0, 0.1) is 0 Å². The number of H-pyrrole nitrogens is 2. The maximum Gasteiger partial charge on any atom is 0.274 e. The molecule has 3 aromatic rings. The van der Waals surface area contributed by atoms with E-state index in [0.29, 0.717) is 30.2 Å². The number of aryl methyl sites for hydroxylation is 1. The number of carbonyl (C=O) groups excluding carboxylic acids is 2. The van der Waals surface area contributed by atoms with Gasteiger partial charge in [0.05, 0.1) is 0 Å². The van der Waals surface area contributed by atoms with Gasteiger partial charge in [0.25, 0.3) is 11.8 Å². The zero-order valence-electron chi connectivity index (χ0n) is 19.2. The number of carbonyl (C=O) groups is 2. The molecule has 0 spiro atoms. The minimum Gasteiger partial charge on any atom is -0.343 e. The minimum absolute atomic E-state index is 0.0285. The quantitative estimate of drug-likeness (QED) is 0.642. The van der Waals surface area contributed by atoms with E-state index in [1.54, 1.807) is 19.0 Å². The number of piperidine rings is 1. The average molecular weight is 447 g/mol. The molecule has 5 rings (SSSR count). The molecule has 0 atom stereocenters. The van der Waals surface area contributed by atoms with Crippen LogP contribution in [0.2, 0.25) is 0 Å². The van der Waals surface area contributed by atoms with Crippen molar-refractivity contribution in [1.82, 2.24) is 30.0 Å². The molecule has 3 heterocycles. The summed E-state index contributed by atoms with van der Waals surface area (Å²) in [5.41, 5.74) is 4.96. The van der Waals surface area contributed by atoms with Gasteiger partial charge in [0.1, 0.15) is 17.2 Å². The van der Waals surface area contributed by atoms with Crippen molar-refractivity contribution in [2.24, 2.45) is 0 Å². The summed E-state index contributed by atoms with van der Waals surface area (Å²) in [5, 5.41) is 7.43. The summed E-state index contributed by atoms with van der Waals surface area (Å²) in [5.74, 6) is 0.931. The van der Waals surface area contributed by atoms with Gasteiger partial charge in [-0.2, -0.15) is 5.10 Å². The van der Waals surface area contributed by atoms with Crippen molar-refractivity contribution >= 4 is 11.8 Å². The largest absolute Gasteiger partial charge is 0.343 e. The first kappa shape index (κ1) is 21.4. The highest BCUT2D eigenvalue weighted by atomic mass is 16.2. The highest BCUT2D eigenvalue weighted by Crippen LogP contribution is 2.32. The van der Waals surface area contributed by atoms with Crippen molar-refractivity contribution in [3.8, 4) is 11.3 Å². The molecular weight excluding hydrogens is 416 g/mol. The van der Waals surface area contributed by atoms with E-state index in [1.165, 1.54) is 0 Å². The third-order valence-electron chi connectivity index (χ3n) is 6.82. The lowest BCUT2D eigenvalue weighted by atomic mass is 9.94. The van der Waals surface area contributed by atoms with Gasteiger partial charge < -0.3 is 14.8 Å². The van der Waals surface area contributed by atoms with Crippen molar-refractivity contribution in [2.45, 2.75) is 44.4 Å². The SMILES string of the molecule is CN(C)C(=O)c1[nH]c(C2CCN(C(=O)c3n[nH]c4c3CCCC4)CC2)nc1-c1ccccc1. The number of nitrogens with one attached hydrogen (secondary N) is 2. The Labute approximate surface area is 193 Å². The highest BCUT2D eigenvalue weighted by molar-refractivity contribution is 5.98. The van der Waals surface area contributed by atoms with Crippen molar-refractivity contribution in [3.05, 3.63) is 58.8 Å². The Hall–Kier alpha value is -3.42. The molecule has 1 fully saturated rings. The van der Waals surface area contributed by atoms with Crippen molar-refractivity contribution in [3.63, 3.8) is 0 Å². The molecule has 1 saturated heterocycles. The number of hydrogen-bond acceptors (Lipinski definition) is 4. The molecule has 1 aliphatic carbocycles. The van der Waals surface area contributed by atoms with Crippen LogP contribution in [0.5, 0.6) is 0 Å². The molecule has 2 aliphatic rings. The summed E-state index contributed by atoms with van der Waals surface area (Å²) < 4.78 is 0. The minimum atomic E-state index is -0.0940. The number of rotatable bonds is 4. The first-order valence-corrected chi connectivity index (χ1v) is 11.7. The smallest absolute Gasteiger partial charge is 0.274 e. The lowest BCUT2D eigenvalue weighted by Gasteiger charge is -2.31. The molecule has 1 aliphatic heterocycles. The molecule has 1 aromatic carbocycles. The van der Waals surface area contributed by atoms with Gasteiger partial charge in [0.15, 0.2) is 5.69 Å². The normalized spacial score (nSPS) is 16.5. The van der Waals surface area contributed by atoms with Crippen LogP contribution in [-0.2, 0) is 12.8 Å². The maximum absolute atomic E-state index is 13.2. The van der Waals surface area contributed by atoms with Gasteiger partial charge in [0.2, 0.25) is 0 Å². The van der Waals surface area contributed by atoms with E-state index in [2.05, 4.69) is 15.2 Å². The molecule has 2 N–H and O–H groups in total. The maximum atomic E-state index is 13.2.